The van der Waals surface area contributed by atoms with Crippen LogP contribution in [0.5, 0.6) is 5.75 Å². The maximum atomic E-state index is 12.3. The Morgan fingerprint density at radius 2 is 1.97 bits per heavy atom. The third kappa shape index (κ3) is 4.03. The zero-order chi connectivity index (χ0) is 22.0. The number of anilines is 1. The molecule has 0 aliphatic rings. The van der Waals surface area contributed by atoms with E-state index < -0.39 is 0 Å². The fourth-order valence-corrected chi connectivity index (χ4v) is 3.52. The van der Waals surface area contributed by atoms with Gasteiger partial charge in [-0.2, -0.15) is 0 Å². The van der Waals surface area contributed by atoms with E-state index in [-0.39, 0.29) is 11.8 Å². The van der Waals surface area contributed by atoms with Gasteiger partial charge >= 0.3 is 0 Å². The lowest BCUT2D eigenvalue weighted by Crippen LogP contribution is -2.18. The molecule has 0 unspecified atom stereocenters. The van der Waals surface area contributed by atoms with E-state index >= 15 is 0 Å². The molecule has 0 atom stereocenters. The third-order valence-electron chi connectivity index (χ3n) is 4.87. The second-order valence-corrected chi connectivity index (χ2v) is 7.69. The molecule has 160 valence electrons. The van der Waals surface area contributed by atoms with E-state index in [4.69, 9.17) is 9.72 Å². The quantitative estimate of drug-likeness (QED) is 0.624. The van der Waals surface area contributed by atoms with Crippen molar-refractivity contribution in [3.8, 4) is 17.3 Å². The average Bonchev–Trinajstić information content (AvgIpc) is 3.17. The summed E-state index contributed by atoms with van der Waals surface area (Å²) in [6.45, 7) is 6.33. The highest BCUT2D eigenvalue weighted by atomic mass is 16.5. The molecule has 0 spiro atoms. The summed E-state index contributed by atoms with van der Waals surface area (Å²) in [7, 11) is 5.38. The van der Waals surface area contributed by atoms with Crippen LogP contribution < -0.4 is 15.4 Å². The molecule has 0 saturated heterocycles. The first-order valence-corrected chi connectivity index (χ1v) is 10.1. The number of imidazole rings is 1. The van der Waals surface area contributed by atoms with E-state index in [2.05, 4.69) is 10.6 Å². The van der Waals surface area contributed by atoms with Crippen LogP contribution >= 0.6 is 0 Å². The van der Waals surface area contributed by atoms with Gasteiger partial charge in [-0.25, -0.2) is 4.98 Å². The minimum absolute atomic E-state index is 0.0169. The number of benzene rings is 1. The van der Waals surface area contributed by atoms with Crippen molar-refractivity contribution in [1.29, 1.82) is 0 Å². The van der Waals surface area contributed by atoms with Gasteiger partial charge in [-0.1, -0.05) is 13.8 Å². The van der Waals surface area contributed by atoms with E-state index in [0.717, 1.165) is 16.7 Å². The van der Waals surface area contributed by atoms with Crippen LogP contribution in [0.15, 0.2) is 24.4 Å². The summed E-state index contributed by atoms with van der Waals surface area (Å²) in [4.78, 5) is 29.2. The van der Waals surface area contributed by atoms with Crippen molar-refractivity contribution in [1.82, 2.24) is 19.4 Å². The van der Waals surface area contributed by atoms with Gasteiger partial charge in [-0.15, -0.1) is 0 Å². The highest BCUT2D eigenvalue weighted by molar-refractivity contribution is 5.99. The lowest BCUT2D eigenvalue weighted by molar-refractivity contribution is -0.116. The van der Waals surface area contributed by atoms with Crippen molar-refractivity contribution in [3.63, 3.8) is 0 Å². The van der Waals surface area contributed by atoms with Gasteiger partial charge in [0.05, 0.1) is 23.2 Å². The predicted molar refractivity (Wildman–Crippen MR) is 118 cm³/mol. The molecule has 3 aromatic rings. The van der Waals surface area contributed by atoms with Crippen molar-refractivity contribution < 1.29 is 14.3 Å². The zero-order valence-corrected chi connectivity index (χ0v) is 18.4. The minimum Gasteiger partial charge on any atom is -0.491 e. The predicted octanol–water partition coefficient (Wildman–Crippen LogP) is 3.32. The van der Waals surface area contributed by atoms with Crippen LogP contribution in [0.1, 0.15) is 37.6 Å². The van der Waals surface area contributed by atoms with E-state index in [0.29, 0.717) is 41.8 Å². The smallest absolute Gasteiger partial charge is 0.256 e. The number of nitrogens with zero attached hydrogens (tertiary/aromatic N) is 3. The topological polar surface area (TPSA) is 90.2 Å². The largest absolute Gasteiger partial charge is 0.491 e. The van der Waals surface area contributed by atoms with Crippen molar-refractivity contribution in [3.05, 3.63) is 30.0 Å². The number of rotatable bonds is 7. The molecule has 2 N–H and O–H groups in total. The molecule has 30 heavy (non-hydrogen) atoms. The molecule has 0 aliphatic carbocycles. The molecule has 1 aromatic carbocycles. The number of carbonyl (C=O) groups excluding carboxylic acids is 2. The summed E-state index contributed by atoms with van der Waals surface area (Å²) in [5.41, 5.74) is 3.56. The summed E-state index contributed by atoms with van der Waals surface area (Å²) in [5, 5.41) is 5.59. The van der Waals surface area contributed by atoms with Crippen LogP contribution in [0.2, 0.25) is 0 Å². The van der Waals surface area contributed by atoms with Gasteiger partial charge in [0.2, 0.25) is 5.91 Å². The Kier molecular flexibility index (Phi) is 6.14. The molecular weight excluding hydrogens is 382 g/mol. The molecule has 3 rings (SSSR count). The van der Waals surface area contributed by atoms with E-state index in [1.54, 1.807) is 13.2 Å². The normalized spacial score (nSPS) is 11.2. The van der Waals surface area contributed by atoms with Gasteiger partial charge in [0.1, 0.15) is 5.69 Å². The second-order valence-electron chi connectivity index (χ2n) is 7.69. The number of amides is 2. The first kappa shape index (κ1) is 21.4. The minimum atomic E-state index is -0.214. The number of nitrogens with one attached hydrogen (secondary N) is 2. The Morgan fingerprint density at radius 1 is 1.23 bits per heavy atom. The number of carbonyl (C=O) groups is 2. The Bertz CT molecular complexity index is 1090. The molecule has 0 bridgehead atoms. The van der Waals surface area contributed by atoms with Crippen molar-refractivity contribution in [2.75, 3.05) is 19.0 Å². The highest BCUT2D eigenvalue weighted by Gasteiger charge is 2.25. The molecule has 2 heterocycles. The molecular formula is C22H29N5O3. The second kappa shape index (κ2) is 8.61. The Morgan fingerprint density at radius 3 is 2.60 bits per heavy atom. The number of hydrogen-bond acceptors (Lipinski definition) is 4. The van der Waals surface area contributed by atoms with Gasteiger partial charge in [0, 0.05) is 39.4 Å². The van der Waals surface area contributed by atoms with Crippen LogP contribution in [0.3, 0.4) is 0 Å². The fraction of sp³-hybridized carbons (Fsp3) is 0.409. The number of fused-ring (bicyclic) bond motifs is 1. The van der Waals surface area contributed by atoms with Crippen molar-refractivity contribution in [2.45, 2.75) is 27.2 Å². The molecule has 8 nitrogen and oxygen atoms in total. The van der Waals surface area contributed by atoms with Gasteiger partial charge in [-0.05, 0) is 31.0 Å². The summed E-state index contributed by atoms with van der Waals surface area (Å²) >= 11 is 0. The Balaban J connectivity index is 2.07. The molecule has 8 heteroatoms. The number of hydrogen-bond donors (Lipinski definition) is 2. The molecule has 2 amide bonds. The van der Waals surface area contributed by atoms with E-state index in [1.807, 2.05) is 62.2 Å². The standard InChI is InChI=1S/C22H29N5O3/c1-7-30-20-15(22(29)23-4)12-26(5)19(20)21-25-16-11-14(8-9-17(16)27(21)6)24-18(28)10-13(2)3/h8-9,11-13H,7,10H2,1-6H3,(H,23,29)(H,24,28). The monoisotopic (exact) mass is 411 g/mol. The van der Waals surface area contributed by atoms with E-state index in [9.17, 15) is 9.59 Å². The van der Waals surface area contributed by atoms with Gasteiger partial charge in [0.25, 0.3) is 5.91 Å². The molecule has 0 saturated carbocycles. The maximum Gasteiger partial charge on any atom is 0.256 e. The summed E-state index contributed by atoms with van der Waals surface area (Å²) in [6, 6.07) is 5.66. The molecule has 0 radical (unpaired) electrons. The van der Waals surface area contributed by atoms with Crippen LogP contribution in [0, 0.1) is 5.92 Å². The lowest BCUT2D eigenvalue weighted by Gasteiger charge is -2.09. The van der Waals surface area contributed by atoms with Crippen LogP contribution in [-0.4, -0.2) is 39.6 Å². The van der Waals surface area contributed by atoms with E-state index in [1.165, 1.54) is 0 Å². The molecule has 0 fully saturated rings. The number of ether oxygens (including phenoxy) is 1. The Hall–Kier alpha value is -3.29. The van der Waals surface area contributed by atoms with Crippen LogP contribution in [-0.2, 0) is 18.9 Å². The van der Waals surface area contributed by atoms with Gasteiger partial charge in [0.15, 0.2) is 11.6 Å². The highest BCUT2D eigenvalue weighted by Crippen LogP contribution is 2.36. The lowest BCUT2D eigenvalue weighted by atomic mass is 10.1. The van der Waals surface area contributed by atoms with Gasteiger partial charge in [-0.3, -0.25) is 9.59 Å². The first-order valence-electron chi connectivity index (χ1n) is 10.1. The number of aromatic nitrogens is 3. The summed E-state index contributed by atoms with van der Waals surface area (Å²) in [6.07, 6.45) is 2.21. The van der Waals surface area contributed by atoms with Crippen molar-refractivity contribution in [2.24, 2.45) is 20.0 Å². The van der Waals surface area contributed by atoms with Crippen LogP contribution in [0.25, 0.3) is 22.6 Å². The average molecular weight is 412 g/mol. The first-order chi connectivity index (χ1) is 14.3. The summed E-state index contributed by atoms with van der Waals surface area (Å²) in [5.74, 6) is 1.24. The number of aryl methyl sites for hydroxylation is 2. The zero-order valence-electron chi connectivity index (χ0n) is 18.4. The van der Waals surface area contributed by atoms with Gasteiger partial charge < -0.3 is 24.5 Å². The molecule has 2 aromatic heterocycles. The van der Waals surface area contributed by atoms with Crippen LogP contribution in [0.4, 0.5) is 5.69 Å². The molecule has 0 aliphatic heterocycles. The maximum absolute atomic E-state index is 12.3. The van der Waals surface area contributed by atoms with Crippen molar-refractivity contribution >= 4 is 28.5 Å². The Labute approximate surface area is 176 Å². The third-order valence-corrected chi connectivity index (χ3v) is 4.87. The summed E-state index contributed by atoms with van der Waals surface area (Å²) < 4.78 is 9.65. The SMILES string of the molecule is CCOc1c(C(=O)NC)cn(C)c1-c1nc2cc(NC(=O)CC(C)C)ccc2n1C. The fourth-order valence-electron chi connectivity index (χ4n) is 3.52.